The van der Waals surface area contributed by atoms with Crippen molar-refractivity contribution in [2.75, 3.05) is 18.5 Å². The van der Waals surface area contributed by atoms with Gasteiger partial charge in [-0.1, -0.05) is 6.92 Å². The normalized spacial score (nSPS) is 10.3. The van der Waals surface area contributed by atoms with Crippen LogP contribution in [0.15, 0.2) is 30.5 Å². The number of benzene rings is 1. The van der Waals surface area contributed by atoms with Crippen LogP contribution in [0.2, 0.25) is 0 Å². The fourth-order valence-corrected chi connectivity index (χ4v) is 2.32. The van der Waals surface area contributed by atoms with Crippen LogP contribution in [-0.2, 0) is 6.42 Å². The van der Waals surface area contributed by atoms with Crippen LogP contribution in [0.25, 0.3) is 0 Å². The molecule has 0 fully saturated rings. The topological polar surface area (TPSA) is 71.5 Å². The second kappa shape index (κ2) is 7.02. The number of aromatic nitrogens is 1. The number of nitrogens with one attached hydrogen (secondary N) is 1. The van der Waals surface area contributed by atoms with Crippen molar-refractivity contribution in [2.24, 2.45) is 0 Å². The third-order valence-corrected chi connectivity index (χ3v) is 3.69. The van der Waals surface area contributed by atoms with Gasteiger partial charge in [-0.2, -0.15) is 0 Å². The Hall–Kier alpha value is -1.92. The molecule has 2 N–H and O–H groups in total. The molecule has 0 spiro atoms. The average Bonchev–Trinajstić information content (AvgIpc) is 2.95. The van der Waals surface area contributed by atoms with Gasteiger partial charge in [-0.05, 0) is 30.7 Å². The van der Waals surface area contributed by atoms with Gasteiger partial charge in [0.2, 0.25) is 0 Å². The molecule has 0 aliphatic rings. The van der Waals surface area contributed by atoms with E-state index in [-0.39, 0.29) is 19.1 Å². The Kier molecular flexibility index (Phi) is 5.09. The first-order valence-electron chi connectivity index (χ1n) is 6.32. The lowest BCUT2D eigenvalue weighted by molar-refractivity contribution is 0.103. The summed E-state index contributed by atoms with van der Waals surface area (Å²) in [7, 11) is 0. The van der Waals surface area contributed by atoms with E-state index in [1.165, 1.54) is 11.3 Å². The number of ether oxygens (including phenoxy) is 1. The van der Waals surface area contributed by atoms with Crippen molar-refractivity contribution in [1.82, 2.24) is 4.98 Å². The Morgan fingerprint density at radius 2 is 2.15 bits per heavy atom. The number of anilines is 1. The summed E-state index contributed by atoms with van der Waals surface area (Å²) in [5.74, 6) is 0.495. The molecule has 0 saturated carbocycles. The van der Waals surface area contributed by atoms with Crippen LogP contribution in [0.4, 0.5) is 5.69 Å². The van der Waals surface area contributed by atoms with E-state index >= 15 is 0 Å². The zero-order chi connectivity index (χ0) is 14.4. The second-order valence-corrected chi connectivity index (χ2v) is 5.14. The van der Waals surface area contributed by atoms with Gasteiger partial charge in [0.1, 0.15) is 17.2 Å². The third kappa shape index (κ3) is 3.79. The molecule has 1 heterocycles. The number of aliphatic hydroxyl groups excluding tert-OH is 1. The molecule has 0 aliphatic heterocycles. The van der Waals surface area contributed by atoms with Crippen molar-refractivity contribution in [3.8, 4) is 5.75 Å². The number of carbonyl (C=O) groups excluding carboxylic acids is 1. The first-order valence-corrected chi connectivity index (χ1v) is 7.14. The van der Waals surface area contributed by atoms with Gasteiger partial charge < -0.3 is 15.2 Å². The molecule has 1 aromatic carbocycles. The maximum absolute atomic E-state index is 12.0. The predicted molar refractivity (Wildman–Crippen MR) is 78.5 cm³/mol. The van der Waals surface area contributed by atoms with E-state index in [9.17, 15) is 4.79 Å². The van der Waals surface area contributed by atoms with Gasteiger partial charge in [0, 0.05) is 5.69 Å². The monoisotopic (exact) mass is 292 g/mol. The molecule has 2 rings (SSSR count). The van der Waals surface area contributed by atoms with Crippen molar-refractivity contribution >= 4 is 22.9 Å². The van der Waals surface area contributed by atoms with E-state index in [2.05, 4.69) is 10.3 Å². The Balaban J connectivity index is 1.97. The Labute approximate surface area is 121 Å². The van der Waals surface area contributed by atoms with Crippen molar-refractivity contribution in [3.05, 3.63) is 40.3 Å². The van der Waals surface area contributed by atoms with E-state index in [0.29, 0.717) is 16.3 Å². The van der Waals surface area contributed by atoms with E-state index in [0.717, 1.165) is 11.4 Å². The van der Waals surface area contributed by atoms with Crippen LogP contribution in [0.5, 0.6) is 5.75 Å². The van der Waals surface area contributed by atoms with Gasteiger partial charge in [-0.15, -0.1) is 11.3 Å². The number of hydrogen-bond donors (Lipinski definition) is 2. The van der Waals surface area contributed by atoms with Gasteiger partial charge in [-0.25, -0.2) is 4.98 Å². The van der Waals surface area contributed by atoms with Crippen molar-refractivity contribution < 1.29 is 14.6 Å². The van der Waals surface area contributed by atoms with Gasteiger partial charge in [0.25, 0.3) is 5.91 Å². The Bertz CT molecular complexity index is 566. The Morgan fingerprint density at radius 1 is 1.40 bits per heavy atom. The highest BCUT2D eigenvalue weighted by Gasteiger charge is 2.10. The molecule has 20 heavy (non-hydrogen) atoms. The lowest BCUT2D eigenvalue weighted by Gasteiger charge is -2.06. The SMILES string of the molecule is CCc1ncc(C(=O)Nc2ccc(OCCO)cc2)s1. The van der Waals surface area contributed by atoms with Crippen LogP contribution >= 0.6 is 11.3 Å². The van der Waals surface area contributed by atoms with Crippen LogP contribution in [0, 0.1) is 0 Å². The molecule has 5 nitrogen and oxygen atoms in total. The van der Waals surface area contributed by atoms with Gasteiger partial charge >= 0.3 is 0 Å². The molecule has 6 heteroatoms. The van der Waals surface area contributed by atoms with E-state index in [4.69, 9.17) is 9.84 Å². The Morgan fingerprint density at radius 3 is 2.75 bits per heavy atom. The molecular formula is C14H16N2O3S. The standard InChI is InChI=1S/C14H16N2O3S/c1-2-13-15-9-12(20-13)14(18)16-10-3-5-11(6-4-10)19-8-7-17/h3-6,9,17H,2,7-8H2,1H3,(H,16,18). The van der Waals surface area contributed by atoms with Gasteiger partial charge in [-0.3, -0.25) is 4.79 Å². The van der Waals surface area contributed by atoms with E-state index in [1.807, 2.05) is 6.92 Å². The minimum Gasteiger partial charge on any atom is -0.491 e. The lowest BCUT2D eigenvalue weighted by Crippen LogP contribution is -2.10. The highest BCUT2D eigenvalue weighted by atomic mass is 32.1. The maximum Gasteiger partial charge on any atom is 0.267 e. The van der Waals surface area contributed by atoms with Crippen molar-refractivity contribution in [2.45, 2.75) is 13.3 Å². The van der Waals surface area contributed by atoms with Crippen LogP contribution < -0.4 is 10.1 Å². The summed E-state index contributed by atoms with van der Waals surface area (Å²) < 4.78 is 5.25. The zero-order valence-electron chi connectivity index (χ0n) is 11.1. The summed E-state index contributed by atoms with van der Waals surface area (Å²) in [6.45, 7) is 2.24. The van der Waals surface area contributed by atoms with Gasteiger partial charge in [0.15, 0.2) is 0 Å². The summed E-state index contributed by atoms with van der Waals surface area (Å²) in [4.78, 5) is 16.8. The molecule has 1 amide bonds. The van der Waals surface area contributed by atoms with Crippen LogP contribution in [0.1, 0.15) is 21.6 Å². The quantitative estimate of drug-likeness (QED) is 0.857. The number of carbonyl (C=O) groups is 1. The largest absolute Gasteiger partial charge is 0.491 e. The second-order valence-electron chi connectivity index (χ2n) is 4.02. The lowest BCUT2D eigenvalue weighted by atomic mass is 10.3. The zero-order valence-corrected chi connectivity index (χ0v) is 11.9. The molecule has 0 unspecified atom stereocenters. The first kappa shape index (κ1) is 14.5. The number of aliphatic hydroxyl groups is 1. The summed E-state index contributed by atoms with van der Waals surface area (Å²) in [5.41, 5.74) is 0.692. The highest BCUT2D eigenvalue weighted by molar-refractivity contribution is 7.13. The number of amides is 1. The number of hydrogen-bond acceptors (Lipinski definition) is 5. The average molecular weight is 292 g/mol. The maximum atomic E-state index is 12.0. The van der Waals surface area contributed by atoms with Crippen LogP contribution in [0.3, 0.4) is 0 Å². The molecule has 0 aliphatic carbocycles. The summed E-state index contributed by atoms with van der Waals surface area (Å²) in [5, 5.41) is 12.4. The minimum absolute atomic E-state index is 0.0242. The summed E-state index contributed by atoms with van der Waals surface area (Å²) in [6, 6.07) is 7.00. The molecule has 0 bridgehead atoms. The summed E-state index contributed by atoms with van der Waals surface area (Å²) >= 11 is 1.40. The predicted octanol–water partition coefficient (Wildman–Crippen LogP) is 2.33. The van der Waals surface area contributed by atoms with Gasteiger partial charge in [0.05, 0.1) is 17.8 Å². The molecule has 1 aromatic heterocycles. The molecule has 106 valence electrons. The number of rotatable bonds is 6. The molecule has 0 atom stereocenters. The van der Waals surface area contributed by atoms with Crippen molar-refractivity contribution in [3.63, 3.8) is 0 Å². The van der Waals surface area contributed by atoms with Crippen LogP contribution in [-0.4, -0.2) is 29.2 Å². The number of aryl methyl sites for hydroxylation is 1. The fraction of sp³-hybridized carbons (Fsp3) is 0.286. The molecule has 0 radical (unpaired) electrons. The molecule has 2 aromatic rings. The smallest absolute Gasteiger partial charge is 0.267 e. The first-order chi connectivity index (χ1) is 9.72. The summed E-state index contributed by atoms with van der Waals surface area (Å²) in [6.07, 6.45) is 2.42. The highest BCUT2D eigenvalue weighted by Crippen LogP contribution is 2.18. The fourth-order valence-electron chi connectivity index (χ4n) is 1.57. The molecular weight excluding hydrogens is 276 g/mol. The minimum atomic E-state index is -0.161. The number of nitrogens with zero attached hydrogens (tertiary/aromatic N) is 1. The third-order valence-electron chi connectivity index (χ3n) is 2.55. The van der Waals surface area contributed by atoms with E-state index < -0.39 is 0 Å². The van der Waals surface area contributed by atoms with E-state index in [1.54, 1.807) is 30.5 Å². The number of thiazole rings is 1. The van der Waals surface area contributed by atoms with Crippen molar-refractivity contribution in [1.29, 1.82) is 0 Å². The molecule has 0 saturated heterocycles.